The molecule has 1 aliphatic carbocycles. The van der Waals surface area contributed by atoms with Gasteiger partial charge in [-0.05, 0) is 43.9 Å². The molecule has 1 aromatic rings. The van der Waals surface area contributed by atoms with Gasteiger partial charge in [0.1, 0.15) is 5.75 Å². The average molecular weight is 192 g/mol. The number of hydrogen-bond acceptors (Lipinski definition) is 2. The van der Waals surface area contributed by atoms with Crippen LogP contribution in [0, 0.1) is 0 Å². The summed E-state index contributed by atoms with van der Waals surface area (Å²) in [7, 11) is 0. The van der Waals surface area contributed by atoms with Crippen LogP contribution in [0.1, 0.15) is 25.3 Å². The Morgan fingerprint density at radius 2 is 2.00 bits per heavy atom. The molecule has 0 amide bonds. The van der Waals surface area contributed by atoms with E-state index in [9.17, 15) is 5.11 Å². The monoisotopic (exact) mass is 192 g/mol. The molecule has 2 heteroatoms. The van der Waals surface area contributed by atoms with E-state index in [4.69, 9.17) is 4.74 Å². The minimum Gasteiger partial charge on any atom is -0.490 e. The van der Waals surface area contributed by atoms with Crippen LogP contribution in [-0.2, 0) is 6.42 Å². The van der Waals surface area contributed by atoms with Crippen molar-refractivity contribution >= 4 is 0 Å². The summed E-state index contributed by atoms with van der Waals surface area (Å²) < 4.78 is 5.62. The lowest BCUT2D eigenvalue weighted by Gasteiger charge is -2.07. The summed E-state index contributed by atoms with van der Waals surface area (Å²) in [6.45, 7) is 1.80. The highest BCUT2D eigenvalue weighted by Crippen LogP contribution is 2.26. The molecule has 0 aliphatic heterocycles. The topological polar surface area (TPSA) is 29.5 Å². The summed E-state index contributed by atoms with van der Waals surface area (Å²) in [4.78, 5) is 0. The van der Waals surface area contributed by atoms with Crippen molar-refractivity contribution in [3.05, 3.63) is 29.8 Å². The van der Waals surface area contributed by atoms with Gasteiger partial charge < -0.3 is 9.84 Å². The third kappa shape index (κ3) is 2.74. The Kier molecular flexibility index (Phi) is 2.73. The maximum absolute atomic E-state index is 9.20. The predicted octanol–water partition coefficient (Wildman–Crippen LogP) is 2.15. The lowest BCUT2D eigenvalue weighted by molar-refractivity contribution is 0.195. The third-order valence-corrected chi connectivity index (χ3v) is 2.28. The zero-order valence-corrected chi connectivity index (χ0v) is 8.44. The molecule has 1 fully saturated rings. The predicted molar refractivity (Wildman–Crippen MR) is 55.5 cm³/mol. The lowest BCUT2D eigenvalue weighted by atomic mass is 10.1. The van der Waals surface area contributed by atoms with Crippen molar-refractivity contribution in [3.63, 3.8) is 0 Å². The quantitative estimate of drug-likeness (QED) is 0.792. The Balaban J connectivity index is 1.94. The van der Waals surface area contributed by atoms with E-state index >= 15 is 0 Å². The summed E-state index contributed by atoms with van der Waals surface area (Å²) >= 11 is 0. The first-order chi connectivity index (χ1) is 6.74. The van der Waals surface area contributed by atoms with Crippen LogP contribution in [-0.4, -0.2) is 17.3 Å². The second-order valence-electron chi connectivity index (χ2n) is 4.01. The van der Waals surface area contributed by atoms with Crippen molar-refractivity contribution in [2.75, 3.05) is 0 Å². The van der Waals surface area contributed by atoms with Gasteiger partial charge in [0.25, 0.3) is 0 Å². The van der Waals surface area contributed by atoms with Gasteiger partial charge in [0.15, 0.2) is 0 Å². The van der Waals surface area contributed by atoms with E-state index in [2.05, 4.69) is 0 Å². The molecular weight excluding hydrogens is 176 g/mol. The molecule has 14 heavy (non-hydrogen) atoms. The van der Waals surface area contributed by atoms with E-state index in [-0.39, 0.29) is 6.10 Å². The molecule has 1 aliphatic rings. The summed E-state index contributed by atoms with van der Waals surface area (Å²) in [6.07, 6.45) is 3.27. The fourth-order valence-electron chi connectivity index (χ4n) is 1.42. The molecule has 0 spiro atoms. The van der Waals surface area contributed by atoms with Crippen molar-refractivity contribution in [1.82, 2.24) is 0 Å². The van der Waals surface area contributed by atoms with Gasteiger partial charge in [-0.2, -0.15) is 0 Å². The van der Waals surface area contributed by atoms with E-state index in [1.807, 2.05) is 24.3 Å². The first kappa shape index (κ1) is 9.53. The number of aliphatic hydroxyl groups is 1. The highest BCUT2D eigenvalue weighted by atomic mass is 16.5. The van der Waals surface area contributed by atoms with E-state index in [0.29, 0.717) is 12.5 Å². The molecule has 1 aromatic carbocycles. The van der Waals surface area contributed by atoms with Crippen molar-refractivity contribution < 1.29 is 9.84 Å². The minimum atomic E-state index is -0.273. The third-order valence-electron chi connectivity index (χ3n) is 2.28. The molecule has 1 saturated carbocycles. The number of aliphatic hydroxyl groups excluding tert-OH is 1. The van der Waals surface area contributed by atoms with E-state index < -0.39 is 0 Å². The van der Waals surface area contributed by atoms with Crippen LogP contribution in [0.3, 0.4) is 0 Å². The summed E-state index contributed by atoms with van der Waals surface area (Å²) in [5.41, 5.74) is 1.16. The van der Waals surface area contributed by atoms with Crippen LogP contribution in [0.2, 0.25) is 0 Å². The van der Waals surface area contributed by atoms with Crippen LogP contribution >= 0.6 is 0 Å². The molecule has 2 rings (SSSR count). The van der Waals surface area contributed by atoms with Gasteiger partial charge in [0.2, 0.25) is 0 Å². The largest absolute Gasteiger partial charge is 0.490 e. The fraction of sp³-hybridized carbons (Fsp3) is 0.500. The average Bonchev–Trinajstić information content (AvgIpc) is 2.91. The Morgan fingerprint density at radius 3 is 2.50 bits per heavy atom. The molecule has 1 atom stereocenters. The summed E-state index contributed by atoms with van der Waals surface area (Å²) in [5, 5.41) is 9.20. The van der Waals surface area contributed by atoms with E-state index in [1.54, 1.807) is 6.92 Å². The van der Waals surface area contributed by atoms with Gasteiger partial charge >= 0.3 is 0 Å². The highest BCUT2D eigenvalue weighted by molar-refractivity contribution is 5.28. The van der Waals surface area contributed by atoms with Gasteiger partial charge in [-0.15, -0.1) is 0 Å². The Bertz CT molecular complexity index is 263. The Labute approximate surface area is 84.5 Å². The molecule has 0 radical (unpaired) electrons. The van der Waals surface area contributed by atoms with Crippen molar-refractivity contribution in [2.24, 2.45) is 0 Å². The maximum Gasteiger partial charge on any atom is 0.119 e. The summed E-state index contributed by atoms with van der Waals surface area (Å²) in [6, 6.07) is 8.00. The molecule has 0 bridgehead atoms. The van der Waals surface area contributed by atoms with Crippen molar-refractivity contribution in [3.8, 4) is 5.75 Å². The lowest BCUT2D eigenvalue weighted by Crippen LogP contribution is -2.04. The van der Waals surface area contributed by atoms with Gasteiger partial charge in [0, 0.05) is 0 Å². The Hall–Kier alpha value is -1.02. The van der Waals surface area contributed by atoms with Crippen molar-refractivity contribution in [2.45, 2.75) is 38.4 Å². The molecule has 0 aromatic heterocycles. The first-order valence-corrected chi connectivity index (χ1v) is 5.18. The number of ether oxygens (including phenoxy) is 1. The molecule has 2 nitrogen and oxygen atoms in total. The number of hydrogen-bond donors (Lipinski definition) is 1. The van der Waals surface area contributed by atoms with Crippen LogP contribution in [0.5, 0.6) is 5.75 Å². The van der Waals surface area contributed by atoms with Gasteiger partial charge in [-0.25, -0.2) is 0 Å². The minimum absolute atomic E-state index is 0.273. The van der Waals surface area contributed by atoms with Crippen LogP contribution in [0.25, 0.3) is 0 Å². The zero-order chi connectivity index (χ0) is 9.97. The number of benzene rings is 1. The van der Waals surface area contributed by atoms with Crippen LogP contribution < -0.4 is 4.74 Å². The molecule has 0 saturated heterocycles. The van der Waals surface area contributed by atoms with Gasteiger partial charge in [-0.3, -0.25) is 0 Å². The maximum atomic E-state index is 9.20. The smallest absolute Gasteiger partial charge is 0.119 e. The highest BCUT2D eigenvalue weighted by Gasteiger charge is 2.23. The SMILES string of the molecule is CC(O)Cc1ccc(OC2CC2)cc1. The first-order valence-electron chi connectivity index (χ1n) is 5.18. The van der Waals surface area contributed by atoms with Gasteiger partial charge in [0.05, 0.1) is 12.2 Å². The van der Waals surface area contributed by atoms with Crippen LogP contribution in [0.4, 0.5) is 0 Å². The van der Waals surface area contributed by atoms with E-state index in [1.165, 1.54) is 12.8 Å². The second-order valence-corrected chi connectivity index (χ2v) is 4.01. The standard InChI is InChI=1S/C12H16O2/c1-9(13)8-10-2-4-11(5-3-10)14-12-6-7-12/h2-5,9,12-13H,6-8H2,1H3. The molecule has 1 N–H and O–H groups in total. The molecule has 1 unspecified atom stereocenters. The second kappa shape index (κ2) is 4.01. The van der Waals surface area contributed by atoms with Crippen LogP contribution in [0.15, 0.2) is 24.3 Å². The van der Waals surface area contributed by atoms with Gasteiger partial charge in [-0.1, -0.05) is 12.1 Å². The van der Waals surface area contributed by atoms with Crippen molar-refractivity contribution in [1.29, 1.82) is 0 Å². The Morgan fingerprint density at radius 1 is 1.36 bits per heavy atom. The normalized spacial score (nSPS) is 17.9. The molecular formula is C12H16O2. The van der Waals surface area contributed by atoms with E-state index in [0.717, 1.165) is 11.3 Å². The number of rotatable bonds is 4. The zero-order valence-electron chi connectivity index (χ0n) is 8.44. The summed E-state index contributed by atoms with van der Waals surface area (Å²) in [5.74, 6) is 0.946. The molecule has 0 heterocycles. The molecule has 76 valence electrons. The fourth-order valence-corrected chi connectivity index (χ4v) is 1.42.